The predicted octanol–water partition coefficient (Wildman–Crippen LogP) is -14.9. The summed E-state index contributed by atoms with van der Waals surface area (Å²) in [5.41, 5.74) is 11.2. The Bertz CT molecular complexity index is 2000. The molecular formula is C59H116N3O36-. The summed E-state index contributed by atoms with van der Waals surface area (Å²) in [7, 11) is 0. The number of nitrogens with one attached hydrogen (secondary N) is 1. The first-order valence-corrected chi connectivity index (χ1v) is 32.2. The van der Waals surface area contributed by atoms with Crippen LogP contribution in [0.25, 0.3) is 0 Å². The Morgan fingerprint density at radius 3 is 0.796 bits per heavy atom. The van der Waals surface area contributed by atoms with Gasteiger partial charge in [0.2, 0.25) is 5.91 Å². The molecule has 8 aliphatic heterocycles. The largest absolute Gasteiger partial charge is 0.550 e. The summed E-state index contributed by atoms with van der Waals surface area (Å²) in [5.74, 6) is -1.61. The monoisotopic (exact) mass is 1440 g/mol. The molecule has 98 heavy (non-hydrogen) atoms. The number of aliphatic hydroxyl groups excluding tert-OH is 25. The Labute approximate surface area is 567 Å². The number of carboxylic acids is 1. The minimum absolute atomic E-state index is 0.112. The van der Waals surface area contributed by atoms with Crippen molar-refractivity contribution >= 4 is 11.9 Å². The summed E-state index contributed by atoms with van der Waals surface area (Å²) >= 11 is 0. The predicted molar refractivity (Wildman–Crippen MR) is 329 cm³/mol. The van der Waals surface area contributed by atoms with Crippen LogP contribution in [0.4, 0.5) is 0 Å². The second-order valence-electron chi connectivity index (χ2n) is 25.5. The summed E-state index contributed by atoms with van der Waals surface area (Å²) in [6, 6.07) is -0.701. The quantitative estimate of drug-likeness (QED) is 0.107. The molecule has 584 valence electrons. The SMILES string of the molecule is CC(=O)NCC1OC(C)C(O)C(O)C1O.CC1CC(N)C(O)C(C)O1.CC1OC(C)C(O)C(N)C1O.CC1OC(CC(=O)[O-])C(O)C(O)C1O.CC1OC(CO)C(O)C(O)C1O.CC1OC(CO)C(O)C(O)C1O.CC1OC(CO)C(O)C(O)C1O.CC1OC(CO)C(O)C(O)C1O. The number of ether oxygens (including phenoxy) is 8. The molecule has 38 atom stereocenters. The van der Waals surface area contributed by atoms with Gasteiger partial charge >= 0.3 is 0 Å². The molecule has 0 aliphatic carbocycles. The van der Waals surface area contributed by atoms with Gasteiger partial charge in [-0.3, -0.25) is 4.79 Å². The molecular weight excluding hydrogens is 1330 g/mol. The van der Waals surface area contributed by atoms with Gasteiger partial charge in [-0.2, -0.15) is 0 Å². The van der Waals surface area contributed by atoms with E-state index < -0.39 is 220 Å². The third-order valence-electron chi connectivity index (χ3n) is 17.5. The number of aliphatic carboxylic acids is 1. The number of hydrogen-bond donors (Lipinski definition) is 28. The van der Waals surface area contributed by atoms with Gasteiger partial charge in [0.25, 0.3) is 0 Å². The molecule has 8 rings (SSSR count). The number of carbonyl (C=O) groups is 2. The van der Waals surface area contributed by atoms with Gasteiger partial charge in [-0.1, -0.05) is 0 Å². The minimum Gasteiger partial charge on any atom is -0.550 e. The lowest BCUT2D eigenvalue weighted by Crippen LogP contribution is -2.59. The molecule has 39 heteroatoms. The fraction of sp³-hybridized carbons (Fsp3) is 0.966. The lowest BCUT2D eigenvalue weighted by atomic mass is 9.94. The van der Waals surface area contributed by atoms with Crippen molar-refractivity contribution in [3.63, 3.8) is 0 Å². The van der Waals surface area contributed by atoms with E-state index in [0.717, 1.165) is 6.42 Å². The van der Waals surface area contributed by atoms with Crippen molar-refractivity contribution in [2.24, 2.45) is 11.5 Å². The summed E-state index contributed by atoms with van der Waals surface area (Å²) in [6.45, 7) is 16.7. The first-order chi connectivity index (χ1) is 45.3. The van der Waals surface area contributed by atoms with E-state index in [-0.39, 0.29) is 69.3 Å². The van der Waals surface area contributed by atoms with E-state index in [1.807, 2.05) is 13.8 Å². The zero-order chi connectivity index (χ0) is 76.0. The zero-order valence-corrected chi connectivity index (χ0v) is 56.8. The molecule has 0 aromatic rings. The maximum Gasteiger partial charge on any atom is 0.216 e. The van der Waals surface area contributed by atoms with Crippen LogP contribution in [-0.2, 0) is 47.5 Å². The van der Waals surface area contributed by atoms with E-state index in [1.165, 1.54) is 13.8 Å². The second-order valence-corrected chi connectivity index (χ2v) is 25.5. The molecule has 0 aromatic heterocycles. The lowest BCUT2D eigenvalue weighted by molar-refractivity contribution is -0.312. The van der Waals surface area contributed by atoms with Gasteiger partial charge < -0.3 is 192 Å². The first kappa shape index (κ1) is 93.6. The molecule has 39 nitrogen and oxygen atoms in total. The highest BCUT2D eigenvalue weighted by atomic mass is 16.6. The molecule has 0 radical (unpaired) electrons. The average molecular weight is 1440 g/mol. The summed E-state index contributed by atoms with van der Waals surface area (Å²) in [5, 5.41) is 243. The first-order valence-electron chi connectivity index (χ1n) is 32.2. The Balaban J connectivity index is 0.000000561. The third-order valence-corrected chi connectivity index (χ3v) is 17.5. The van der Waals surface area contributed by atoms with Crippen LogP contribution in [0.5, 0.6) is 0 Å². The van der Waals surface area contributed by atoms with Crippen molar-refractivity contribution in [1.82, 2.24) is 5.32 Å². The van der Waals surface area contributed by atoms with Gasteiger partial charge in [0.15, 0.2) is 0 Å². The van der Waals surface area contributed by atoms with Gasteiger partial charge in [-0.25, -0.2) is 0 Å². The Kier molecular flexibility index (Phi) is 42.4. The van der Waals surface area contributed by atoms with Gasteiger partial charge in [0, 0.05) is 31.9 Å². The fourth-order valence-electron chi connectivity index (χ4n) is 10.9. The van der Waals surface area contributed by atoms with E-state index in [0.29, 0.717) is 0 Å². The number of aliphatic hydroxyl groups is 25. The van der Waals surface area contributed by atoms with Crippen molar-refractivity contribution < 1.29 is 180 Å². The normalized spacial score (nSPS) is 47.6. The van der Waals surface area contributed by atoms with Crippen LogP contribution >= 0.6 is 0 Å². The molecule has 1 amide bonds. The molecule has 8 heterocycles. The summed E-state index contributed by atoms with van der Waals surface area (Å²) in [6.07, 6.45) is -32.5. The van der Waals surface area contributed by atoms with E-state index >= 15 is 0 Å². The molecule has 0 aromatic carbocycles. The van der Waals surface area contributed by atoms with Crippen LogP contribution < -0.4 is 21.9 Å². The van der Waals surface area contributed by atoms with Crippen LogP contribution in [-0.4, -0.2) is 410 Å². The van der Waals surface area contributed by atoms with E-state index in [4.69, 9.17) is 69.8 Å². The van der Waals surface area contributed by atoms with Crippen LogP contribution in [0.3, 0.4) is 0 Å². The van der Waals surface area contributed by atoms with Crippen LogP contribution in [0.1, 0.15) is 89.0 Å². The molecule has 0 spiro atoms. The Morgan fingerprint density at radius 1 is 0.327 bits per heavy atom. The van der Waals surface area contributed by atoms with Crippen molar-refractivity contribution in [1.29, 1.82) is 0 Å². The average Bonchev–Trinajstić information content (AvgIpc) is 0.870. The van der Waals surface area contributed by atoms with Crippen molar-refractivity contribution in [2.45, 2.75) is 327 Å². The maximum atomic E-state index is 10.7. The van der Waals surface area contributed by atoms with E-state index in [2.05, 4.69) is 5.32 Å². The van der Waals surface area contributed by atoms with Gasteiger partial charge in [0.1, 0.15) is 140 Å². The highest BCUT2D eigenvalue weighted by Gasteiger charge is 2.47. The molecule has 0 saturated carbocycles. The maximum absolute atomic E-state index is 10.7. The van der Waals surface area contributed by atoms with Gasteiger partial charge in [-0.05, 0) is 75.7 Å². The van der Waals surface area contributed by atoms with E-state index in [9.17, 15) is 122 Å². The van der Waals surface area contributed by atoms with Crippen molar-refractivity contribution in [3.05, 3.63) is 0 Å². The smallest absolute Gasteiger partial charge is 0.216 e. The summed E-state index contributed by atoms with van der Waals surface area (Å²) in [4.78, 5) is 20.9. The van der Waals surface area contributed by atoms with E-state index in [1.54, 1.807) is 48.5 Å². The van der Waals surface area contributed by atoms with Crippen LogP contribution in [0.2, 0.25) is 0 Å². The van der Waals surface area contributed by atoms with Crippen molar-refractivity contribution in [3.8, 4) is 0 Å². The van der Waals surface area contributed by atoms with Gasteiger partial charge in [0.05, 0.1) is 118 Å². The number of hydrogen-bond acceptors (Lipinski definition) is 38. The second kappa shape index (κ2) is 44.4. The minimum atomic E-state index is -1.40. The number of amides is 1. The van der Waals surface area contributed by atoms with Crippen LogP contribution in [0, 0.1) is 0 Å². The highest BCUT2D eigenvalue weighted by molar-refractivity contribution is 5.72. The molecule has 8 fully saturated rings. The molecule has 8 aliphatic rings. The zero-order valence-electron chi connectivity index (χ0n) is 56.8. The molecule has 38 unspecified atom stereocenters. The molecule has 8 saturated heterocycles. The Hall–Kier alpha value is -2.46. The standard InChI is InChI=1S/C9H17NO5.C8H14O6.C7H15NO3.C7H15NO2.4C7H14O5/c1-4-7(12)9(14)8(13)6(15-4)3-10-5(2)11;1-3-6(11)8(13)7(12)4(14-3)2-5(9)10;1-3-6(9)5(8)7(10)4(2)11-3;1-4-3-6(8)7(9)5(2)10-4;4*1-3-5(9)7(11)6(10)4(2-8)12-3/h4,6-9,12-14H,3H2,1-2H3,(H,10,11);3-4,6-8,11-13H,2H2,1H3,(H,9,10);3-7,9-10H,8H2,1-2H3;4-7,9H,3,8H2,1-2H3;4*3-11H,2H2,1H3/p-1. The van der Waals surface area contributed by atoms with Gasteiger partial charge in [-0.15, -0.1) is 0 Å². The van der Waals surface area contributed by atoms with Crippen molar-refractivity contribution in [2.75, 3.05) is 33.0 Å². The number of nitrogens with two attached hydrogens (primary N) is 2. The topological polar surface area (TPSA) is 701 Å². The molecule has 0 bridgehead atoms. The summed E-state index contributed by atoms with van der Waals surface area (Å²) < 4.78 is 40.9. The number of rotatable bonds is 8. The highest BCUT2D eigenvalue weighted by Crippen LogP contribution is 2.27. The Morgan fingerprint density at radius 2 is 0.551 bits per heavy atom. The third kappa shape index (κ3) is 27.5. The number of carbonyl (C=O) groups excluding carboxylic acids is 2. The lowest BCUT2D eigenvalue weighted by Gasteiger charge is -2.39. The van der Waals surface area contributed by atoms with Crippen LogP contribution in [0.15, 0.2) is 0 Å². The molecule has 30 N–H and O–H groups in total. The number of carboxylic acid groups (broad SMARTS) is 1. The fourth-order valence-corrected chi connectivity index (χ4v) is 10.9.